The van der Waals surface area contributed by atoms with Gasteiger partial charge in [0.1, 0.15) is 0 Å². The van der Waals surface area contributed by atoms with Crippen LogP contribution in [-0.4, -0.2) is 54.7 Å². The van der Waals surface area contributed by atoms with Gasteiger partial charge in [0.2, 0.25) is 0 Å². The third-order valence-electron chi connectivity index (χ3n) is 3.39. The van der Waals surface area contributed by atoms with E-state index < -0.39 is 0 Å². The highest BCUT2D eigenvalue weighted by molar-refractivity contribution is 5.05. The fraction of sp³-hybridized carbons (Fsp3) is 0.692. The van der Waals surface area contributed by atoms with Crippen molar-refractivity contribution in [3.63, 3.8) is 0 Å². The molecular formula is C13H22N2O2. The zero-order valence-corrected chi connectivity index (χ0v) is 10.7. The molecule has 4 nitrogen and oxygen atoms in total. The van der Waals surface area contributed by atoms with Crippen LogP contribution in [0.15, 0.2) is 23.0 Å². The SMILES string of the molecule is CN(C)C[C@@H]1CCN(Cc2ccoc2)C[C@H]1O. The van der Waals surface area contributed by atoms with Crippen molar-refractivity contribution in [2.75, 3.05) is 33.7 Å². The van der Waals surface area contributed by atoms with E-state index in [2.05, 4.69) is 23.9 Å². The van der Waals surface area contributed by atoms with E-state index in [1.165, 1.54) is 5.56 Å². The molecule has 0 radical (unpaired) electrons. The van der Waals surface area contributed by atoms with E-state index in [0.717, 1.165) is 32.6 Å². The Labute approximate surface area is 103 Å². The first kappa shape index (κ1) is 12.6. The highest BCUT2D eigenvalue weighted by Crippen LogP contribution is 2.20. The Morgan fingerprint density at radius 1 is 1.53 bits per heavy atom. The second kappa shape index (κ2) is 5.67. The van der Waals surface area contributed by atoms with Crippen molar-refractivity contribution < 1.29 is 9.52 Å². The molecule has 2 atom stereocenters. The molecule has 1 fully saturated rings. The molecule has 17 heavy (non-hydrogen) atoms. The summed E-state index contributed by atoms with van der Waals surface area (Å²) < 4.78 is 5.06. The summed E-state index contributed by atoms with van der Waals surface area (Å²) in [5.41, 5.74) is 1.18. The maximum absolute atomic E-state index is 10.1. The molecule has 1 aliphatic heterocycles. The Morgan fingerprint density at radius 2 is 2.35 bits per heavy atom. The lowest BCUT2D eigenvalue weighted by molar-refractivity contribution is 0.00910. The van der Waals surface area contributed by atoms with Gasteiger partial charge < -0.3 is 14.4 Å². The van der Waals surface area contributed by atoms with Crippen LogP contribution in [0, 0.1) is 5.92 Å². The van der Waals surface area contributed by atoms with Gasteiger partial charge in [0.05, 0.1) is 18.6 Å². The van der Waals surface area contributed by atoms with Crippen LogP contribution in [0.1, 0.15) is 12.0 Å². The third-order valence-corrected chi connectivity index (χ3v) is 3.39. The summed E-state index contributed by atoms with van der Waals surface area (Å²) in [5.74, 6) is 0.408. The van der Waals surface area contributed by atoms with E-state index in [0.29, 0.717) is 5.92 Å². The summed E-state index contributed by atoms with van der Waals surface area (Å²) in [4.78, 5) is 4.45. The topological polar surface area (TPSA) is 39.9 Å². The highest BCUT2D eigenvalue weighted by Gasteiger charge is 2.27. The van der Waals surface area contributed by atoms with Crippen molar-refractivity contribution in [1.82, 2.24) is 9.80 Å². The molecular weight excluding hydrogens is 216 g/mol. The zero-order valence-electron chi connectivity index (χ0n) is 10.7. The number of rotatable bonds is 4. The minimum atomic E-state index is -0.210. The van der Waals surface area contributed by atoms with Crippen molar-refractivity contribution in [1.29, 1.82) is 0 Å². The number of piperidine rings is 1. The lowest BCUT2D eigenvalue weighted by atomic mass is 9.93. The average molecular weight is 238 g/mol. The number of nitrogens with zero attached hydrogens (tertiary/aromatic N) is 2. The van der Waals surface area contributed by atoms with Gasteiger partial charge in [-0.25, -0.2) is 0 Å². The van der Waals surface area contributed by atoms with Gasteiger partial charge in [0.25, 0.3) is 0 Å². The fourth-order valence-electron chi connectivity index (χ4n) is 2.51. The second-order valence-corrected chi connectivity index (χ2v) is 5.25. The predicted octanol–water partition coefficient (Wildman–Crippen LogP) is 1.02. The molecule has 0 spiro atoms. The molecule has 0 saturated carbocycles. The summed E-state index contributed by atoms with van der Waals surface area (Å²) in [5, 5.41) is 10.1. The molecule has 1 N–H and O–H groups in total. The van der Waals surface area contributed by atoms with Gasteiger partial charge in [-0.2, -0.15) is 0 Å². The van der Waals surface area contributed by atoms with Gasteiger partial charge in [-0.3, -0.25) is 4.90 Å². The lowest BCUT2D eigenvalue weighted by Crippen LogP contribution is -2.46. The maximum atomic E-state index is 10.1. The molecule has 1 saturated heterocycles. The third kappa shape index (κ3) is 3.56. The van der Waals surface area contributed by atoms with Gasteiger partial charge in [0.15, 0.2) is 0 Å². The molecule has 1 aromatic heterocycles. The smallest absolute Gasteiger partial charge is 0.0947 e. The first-order valence-corrected chi connectivity index (χ1v) is 6.21. The van der Waals surface area contributed by atoms with E-state index in [1.54, 1.807) is 12.5 Å². The molecule has 2 rings (SSSR count). The number of β-amino-alcohol motifs (C(OH)–C–C–N with tert-alkyl or cyclic N) is 1. The van der Waals surface area contributed by atoms with E-state index in [1.807, 2.05) is 6.07 Å². The van der Waals surface area contributed by atoms with Gasteiger partial charge in [0, 0.05) is 25.2 Å². The van der Waals surface area contributed by atoms with Crippen LogP contribution in [0.5, 0.6) is 0 Å². The number of hydrogen-bond acceptors (Lipinski definition) is 4. The van der Waals surface area contributed by atoms with Crippen LogP contribution in [0.3, 0.4) is 0 Å². The molecule has 0 aliphatic carbocycles. The standard InChI is InChI=1S/C13H22N2O2/c1-14(2)8-12-3-5-15(9-13(12)16)7-11-4-6-17-10-11/h4,6,10,12-13,16H,3,5,7-9H2,1-2H3/t12-,13+/m0/s1. The Balaban J connectivity index is 1.82. The quantitative estimate of drug-likeness (QED) is 0.850. The molecule has 0 amide bonds. The molecule has 1 aromatic rings. The fourth-order valence-corrected chi connectivity index (χ4v) is 2.51. The predicted molar refractivity (Wildman–Crippen MR) is 66.7 cm³/mol. The van der Waals surface area contributed by atoms with Crippen LogP contribution in [0.4, 0.5) is 0 Å². The average Bonchev–Trinajstić information content (AvgIpc) is 2.74. The number of furan rings is 1. The van der Waals surface area contributed by atoms with Crippen LogP contribution < -0.4 is 0 Å². The van der Waals surface area contributed by atoms with Crippen LogP contribution >= 0.6 is 0 Å². The van der Waals surface area contributed by atoms with Crippen LogP contribution in [-0.2, 0) is 6.54 Å². The molecule has 0 unspecified atom stereocenters. The van der Waals surface area contributed by atoms with Crippen LogP contribution in [0.25, 0.3) is 0 Å². The number of aliphatic hydroxyl groups is 1. The summed E-state index contributed by atoms with van der Waals surface area (Å²) in [7, 11) is 4.12. The molecule has 1 aliphatic rings. The number of hydrogen-bond donors (Lipinski definition) is 1. The largest absolute Gasteiger partial charge is 0.472 e. The van der Waals surface area contributed by atoms with Gasteiger partial charge >= 0.3 is 0 Å². The van der Waals surface area contributed by atoms with Gasteiger partial charge in [-0.15, -0.1) is 0 Å². The Hall–Kier alpha value is -0.840. The van der Waals surface area contributed by atoms with Crippen molar-refractivity contribution >= 4 is 0 Å². The number of likely N-dealkylation sites (tertiary alicyclic amines) is 1. The summed E-state index contributed by atoms with van der Waals surface area (Å²) in [6.45, 7) is 3.67. The summed E-state index contributed by atoms with van der Waals surface area (Å²) in [6.07, 6.45) is 4.33. The van der Waals surface area contributed by atoms with E-state index in [9.17, 15) is 5.11 Å². The van der Waals surface area contributed by atoms with Gasteiger partial charge in [-0.05, 0) is 39.0 Å². The van der Waals surface area contributed by atoms with E-state index in [4.69, 9.17) is 4.42 Å². The van der Waals surface area contributed by atoms with Crippen molar-refractivity contribution in [3.8, 4) is 0 Å². The molecule has 0 aromatic carbocycles. The Kier molecular flexibility index (Phi) is 4.20. The Morgan fingerprint density at radius 3 is 2.94 bits per heavy atom. The Bertz CT molecular complexity index is 324. The lowest BCUT2D eigenvalue weighted by Gasteiger charge is -2.36. The zero-order chi connectivity index (χ0) is 12.3. The van der Waals surface area contributed by atoms with E-state index in [-0.39, 0.29) is 6.10 Å². The first-order valence-electron chi connectivity index (χ1n) is 6.21. The minimum absolute atomic E-state index is 0.210. The normalized spacial score (nSPS) is 26.6. The molecule has 2 heterocycles. The van der Waals surface area contributed by atoms with Gasteiger partial charge in [-0.1, -0.05) is 0 Å². The summed E-state index contributed by atoms with van der Waals surface area (Å²) in [6, 6.07) is 1.98. The summed E-state index contributed by atoms with van der Waals surface area (Å²) >= 11 is 0. The first-order chi connectivity index (χ1) is 8.15. The maximum Gasteiger partial charge on any atom is 0.0947 e. The number of aliphatic hydroxyl groups excluding tert-OH is 1. The van der Waals surface area contributed by atoms with Crippen molar-refractivity contribution in [2.45, 2.75) is 19.1 Å². The van der Waals surface area contributed by atoms with E-state index >= 15 is 0 Å². The molecule has 0 bridgehead atoms. The molecule has 4 heteroatoms. The van der Waals surface area contributed by atoms with Crippen LogP contribution in [0.2, 0.25) is 0 Å². The van der Waals surface area contributed by atoms with Crippen molar-refractivity contribution in [3.05, 3.63) is 24.2 Å². The second-order valence-electron chi connectivity index (χ2n) is 5.25. The highest BCUT2D eigenvalue weighted by atomic mass is 16.3. The molecule has 96 valence electrons. The van der Waals surface area contributed by atoms with Crippen molar-refractivity contribution in [2.24, 2.45) is 5.92 Å². The monoisotopic (exact) mass is 238 g/mol. The minimum Gasteiger partial charge on any atom is -0.472 e.